The van der Waals surface area contributed by atoms with E-state index in [1.807, 2.05) is 0 Å². The number of nitrogens with zero attached hydrogens (tertiary/aromatic N) is 2. The molecule has 0 radical (unpaired) electrons. The van der Waals surface area contributed by atoms with E-state index in [9.17, 15) is 4.79 Å². The Labute approximate surface area is 114 Å². The van der Waals surface area contributed by atoms with Crippen LogP contribution in [0.3, 0.4) is 0 Å². The van der Waals surface area contributed by atoms with Crippen LogP contribution in [-0.2, 0) is 16.0 Å². The summed E-state index contributed by atoms with van der Waals surface area (Å²) in [7, 11) is 0. The zero-order valence-corrected chi connectivity index (χ0v) is 12.5. The number of aromatic nitrogens is 2. The highest BCUT2D eigenvalue weighted by atomic mass is 16.5. The lowest BCUT2D eigenvalue weighted by Gasteiger charge is -2.13. The predicted octanol–water partition coefficient (Wildman–Crippen LogP) is 2.96. The van der Waals surface area contributed by atoms with Gasteiger partial charge in [0.15, 0.2) is 5.82 Å². The van der Waals surface area contributed by atoms with Crippen molar-refractivity contribution in [1.29, 1.82) is 0 Å². The summed E-state index contributed by atoms with van der Waals surface area (Å²) in [5.41, 5.74) is 0. The Bertz CT molecular complexity index is 399. The molecule has 0 saturated heterocycles. The molecule has 0 aliphatic heterocycles. The Morgan fingerprint density at radius 3 is 2.47 bits per heavy atom. The topological polar surface area (TPSA) is 65.2 Å². The van der Waals surface area contributed by atoms with Gasteiger partial charge in [0.05, 0.1) is 6.61 Å². The summed E-state index contributed by atoms with van der Waals surface area (Å²) in [6.45, 7) is 10.4. The monoisotopic (exact) mass is 268 g/mol. The number of hydrogen-bond donors (Lipinski definition) is 0. The van der Waals surface area contributed by atoms with Crippen molar-refractivity contribution in [1.82, 2.24) is 10.1 Å². The molecule has 0 N–H and O–H groups in total. The molecule has 5 heteroatoms. The van der Waals surface area contributed by atoms with Gasteiger partial charge in [-0.3, -0.25) is 4.79 Å². The fourth-order valence-corrected chi connectivity index (χ4v) is 1.87. The first kappa shape index (κ1) is 15.7. The van der Waals surface area contributed by atoms with E-state index in [4.69, 9.17) is 9.26 Å². The smallest absolute Gasteiger partial charge is 0.318 e. The van der Waals surface area contributed by atoms with Crippen LogP contribution < -0.4 is 0 Å². The van der Waals surface area contributed by atoms with Gasteiger partial charge in [0.2, 0.25) is 5.89 Å². The Morgan fingerprint density at radius 2 is 1.95 bits per heavy atom. The van der Waals surface area contributed by atoms with Crippen molar-refractivity contribution in [2.24, 2.45) is 11.8 Å². The van der Waals surface area contributed by atoms with Crippen LogP contribution in [0.5, 0.6) is 0 Å². The zero-order chi connectivity index (χ0) is 14.4. The fraction of sp³-hybridized carbons (Fsp3) is 0.786. The molecule has 1 atom stereocenters. The molecule has 0 aromatic carbocycles. The first-order valence-corrected chi connectivity index (χ1v) is 6.93. The Balaban J connectivity index is 2.84. The van der Waals surface area contributed by atoms with E-state index in [1.165, 1.54) is 0 Å². The van der Waals surface area contributed by atoms with Crippen LogP contribution >= 0.6 is 0 Å². The van der Waals surface area contributed by atoms with Crippen LogP contribution in [0.1, 0.15) is 58.7 Å². The standard InChI is InChI=1S/C14H24N2O3/c1-6-18-14(17)11(7-9(2)3)13-15-12(16-19-13)8-10(4)5/h9-11H,6-8H2,1-5H3. The van der Waals surface area contributed by atoms with E-state index in [1.54, 1.807) is 6.92 Å². The largest absolute Gasteiger partial charge is 0.465 e. The molecule has 0 saturated carbocycles. The molecule has 108 valence electrons. The first-order chi connectivity index (χ1) is 8.93. The molecular weight excluding hydrogens is 244 g/mol. The second-order valence-corrected chi connectivity index (χ2v) is 5.58. The average Bonchev–Trinajstić information content (AvgIpc) is 2.73. The zero-order valence-electron chi connectivity index (χ0n) is 12.5. The normalized spacial score (nSPS) is 13.0. The van der Waals surface area contributed by atoms with Gasteiger partial charge in [-0.15, -0.1) is 0 Å². The molecular formula is C14H24N2O3. The fourth-order valence-electron chi connectivity index (χ4n) is 1.87. The first-order valence-electron chi connectivity index (χ1n) is 6.93. The molecule has 1 heterocycles. The minimum Gasteiger partial charge on any atom is -0.465 e. The van der Waals surface area contributed by atoms with Crippen molar-refractivity contribution >= 4 is 5.97 Å². The molecule has 0 bridgehead atoms. The third kappa shape index (κ3) is 5.01. The maximum atomic E-state index is 12.0. The van der Waals surface area contributed by atoms with Gasteiger partial charge in [-0.05, 0) is 25.2 Å². The minimum atomic E-state index is -0.451. The number of carbonyl (C=O) groups is 1. The summed E-state index contributed by atoms with van der Waals surface area (Å²) >= 11 is 0. The Kier molecular flexibility index (Phi) is 5.99. The summed E-state index contributed by atoms with van der Waals surface area (Å²) in [4.78, 5) is 16.3. The van der Waals surface area contributed by atoms with E-state index in [0.717, 1.165) is 6.42 Å². The number of carbonyl (C=O) groups excluding carboxylic acids is 1. The lowest BCUT2D eigenvalue weighted by atomic mass is 9.97. The van der Waals surface area contributed by atoms with E-state index in [-0.39, 0.29) is 5.97 Å². The highest BCUT2D eigenvalue weighted by Gasteiger charge is 2.29. The van der Waals surface area contributed by atoms with Crippen LogP contribution in [0.25, 0.3) is 0 Å². The molecule has 1 aromatic heterocycles. The number of rotatable bonds is 7. The maximum Gasteiger partial charge on any atom is 0.318 e. The van der Waals surface area contributed by atoms with Crippen molar-refractivity contribution in [3.8, 4) is 0 Å². The maximum absolute atomic E-state index is 12.0. The second-order valence-electron chi connectivity index (χ2n) is 5.58. The summed E-state index contributed by atoms with van der Waals surface area (Å²) in [5.74, 6) is 1.11. The summed E-state index contributed by atoms with van der Waals surface area (Å²) in [6, 6.07) is 0. The number of ether oxygens (including phenoxy) is 1. The van der Waals surface area contributed by atoms with Crippen LogP contribution in [0, 0.1) is 11.8 Å². The molecule has 0 spiro atoms. The summed E-state index contributed by atoms with van der Waals surface area (Å²) in [5, 5.41) is 3.93. The van der Waals surface area contributed by atoms with Gasteiger partial charge in [0, 0.05) is 6.42 Å². The van der Waals surface area contributed by atoms with Gasteiger partial charge < -0.3 is 9.26 Å². The van der Waals surface area contributed by atoms with E-state index in [2.05, 4.69) is 37.8 Å². The Morgan fingerprint density at radius 1 is 1.26 bits per heavy atom. The van der Waals surface area contributed by atoms with Crippen molar-refractivity contribution < 1.29 is 14.1 Å². The molecule has 5 nitrogen and oxygen atoms in total. The summed E-state index contributed by atoms with van der Waals surface area (Å²) < 4.78 is 10.3. The van der Waals surface area contributed by atoms with Crippen molar-refractivity contribution in [3.63, 3.8) is 0 Å². The SMILES string of the molecule is CCOC(=O)C(CC(C)C)c1nc(CC(C)C)no1. The molecule has 0 amide bonds. The molecule has 0 aliphatic carbocycles. The Hall–Kier alpha value is -1.39. The molecule has 1 unspecified atom stereocenters. The second kappa shape index (κ2) is 7.26. The van der Waals surface area contributed by atoms with Crippen molar-refractivity contribution in [3.05, 3.63) is 11.7 Å². The van der Waals surface area contributed by atoms with Crippen LogP contribution in [0.15, 0.2) is 4.52 Å². The predicted molar refractivity (Wildman–Crippen MR) is 71.7 cm³/mol. The van der Waals surface area contributed by atoms with Gasteiger partial charge in [0.1, 0.15) is 5.92 Å². The quantitative estimate of drug-likeness (QED) is 0.711. The molecule has 0 aliphatic rings. The number of esters is 1. The van der Waals surface area contributed by atoms with E-state index >= 15 is 0 Å². The third-order valence-electron chi connectivity index (χ3n) is 2.65. The van der Waals surface area contributed by atoms with Crippen LogP contribution in [0.4, 0.5) is 0 Å². The van der Waals surface area contributed by atoms with Gasteiger partial charge in [-0.25, -0.2) is 0 Å². The lowest BCUT2D eigenvalue weighted by Crippen LogP contribution is -2.18. The molecule has 1 rings (SSSR count). The van der Waals surface area contributed by atoms with Gasteiger partial charge in [-0.1, -0.05) is 32.9 Å². The molecule has 19 heavy (non-hydrogen) atoms. The lowest BCUT2D eigenvalue weighted by molar-refractivity contribution is -0.146. The van der Waals surface area contributed by atoms with Crippen LogP contribution in [-0.4, -0.2) is 22.7 Å². The van der Waals surface area contributed by atoms with Gasteiger partial charge in [0.25, 0.3) is 0 Å². The van der Waals surface area contributed by atoms with E-state index < -0.39 is 5.92 Å². The molecule has 1 aromatic rings. The number of hydrogen-bond acceptors (Lipinski definition) is 5. The highest BCUT2D eigenvalue weighted by molar-refractivity contribution is 5.76. The molecule has 0 fully saturated rings. The van der Waals surface area contributed by atoms with Gasteiger partial charge in [-0.2, -0.15) is 4.98 Å². The van der Waals surface area contributed by atoms with Crippen LogP contribution in [0.2, 0.25) is 0 Å². The highest BCUT2D eigenvalue weighted by Crippen LogP contribution is 2.24. The van der Waals surface area contributed by atoms with Crippen molar-refractivity contribution in [2.45, 2.75) is 53.4 Å². The van der Waals surface area contributed by atoms with Crippen molar-refractivity contribution in [2.75, 3.05) is 6.61 Å². The third-order valence-corrected chi connectivity index (χ3v) is 2.65. The van der Waals surface area contributed by atoms with Gasteiger partial charge >= 0.3 is 5.97 Å². The minimum absolute atomic E-state index is 0.282. The summed E-state index contributed by atoms with van der Waals surface area (Å²) in [6.07, 6.45) is 1.41. The van der Waals surface area contributed by atoms with E-state index in [0.29, 0.717) is 36.6 Å². The average molecular weight is 268 g/mol.